The highest BCUT2D eigenvalue weighted by Crippen LogP contribution is 2.52. The second-order valence-electron chi connectivity index (χ2n) is 7.70. The third kappa shape index (κ3) is 2.23. The second-order valence-corrected chi connectivity index (χ2v) is 7.70. The Hall–Kier alpha value is -2.54. The van der Waals surface area contributed by atoms with Crippen LogP contribution in [-0.2, 0) is 0 Å². The lowest BCUT2D eigenvalue weighted by Crippen LogP contribution is -2.12. The molecule has 3 aromatic carbocycles. The molecule has 1 unspecified atom stereocenters. The third-order valence-electron chi connectivity index (χ3n) is 6.48. The van der Waals surface area contributed by atoms with Gasteiger partial charge in [-0.2, -0.15) is 0 Å². The van der Waals surface area contributed by atoms with Crippen molar-refractivity contribution in [2.24, 2.45) is 0 Å². The molecule has 1 heteroatoms. The molecule has 26 heavy (non-hydrogen) atoms. The molecule has 0 heterocycles. The summed E-state index contributed by atoms with van der Waals surface area (Å²) in [6.45, 7) is 10.7. The topological polar surface area (TPSA) is 20.2 Å². The van der Waals surface area contributed by atoms with E-state index < -0.39 is 0 Å². The molecule has 0 radical (unpaired) electrons. The van der Waals surface area contributed by atoms with Crippen molar-refractivity contribution in [2.75, 3.05) is 0 Å². The van der Waals surface area contributed by atoms with Gasteiger partial charge in [-0.1, -0.05) is 55.5 Å². The van der Waals surface area contributed by atoms with Crippen LogP contribution in [0.5, 0.6) is 5.75 Å². The average molecular weight is 342 g/mol. The van der Waals surface area contributed by atoms with Crippen LogP contribution in [0.1, 0.15) is 57.7 Å². The molecule has 1 aliphatic carbocycles. The lowest BCUT2D eigenvalue weighted by Gasteiger charge is -2.28. The lowest BCUT2D eigenvalue weighted by molar-refractivity contribution is 0.463. The molecule has 0 amide bonds. The molecule has 1 nitrogen and oxygen atoms in total. The summed E-state index contributed by atoms with van der Waals surface area (Å²) in [6, 6.07) is 17.5. The number of phenolic OH excluding ortho intramolecular Hbond substituents is 1. The normalized spacial score (nSPS) is 14.2. The number of benzene rings is 3. The van der Waals surface area contributed by atoms with Crippen LogP contribution in [0.2, 0.25) is 0 Å². The second kappa shape index (κ2) is 6.02. The Morgan fingerprint density at radius 2 is 1.19 bits per heavy atom. The van der Waals surface area contributed by atoms with E-state index in [0.717, 1.165) is 11.1 Å². The summed E-state index contributed by atoms with van der Waals surface area (Å²) >= 11 is 0. The standard InChI is InChI=1S/C25H26O/c1-14-15(2)23(18(5)25(26)16(14)3)17(4)24-21-12-8-6-10-19(21)20-11-7-9-13-22(20)24/h6-13,17,24,26H,1-5H3. The molecule has 1 N–H and O–H groups in total. The van der Waals surface area contributed by atoms with Gasteiger partial charge in [-0.25, -0.2) is 0 Å². The van der Waals surface area contributed by atoms with Gasteiger partial charge in [0.15, 0.2) is 0 Å². The summed E-state index contributed by atoms with van der Waals surface area (Å²) < 4.78 is 0. The predicted octanol–water partition coefficient (Wildman–Crippen LogP) is 6.54. The number of aromatic hydroxyl groups is 1. The zero-order valence-electron chi connectivity index (χ0n) is 16.2. The zero-order chi connectivity index (χ0) is 18.6. The summed E-state index contributed by atoms with van der Waals surface area (Å²) in [7, 11) is 0. The van der Waals surface area contributed by atoms with Crippen molar-refractivity contribution in [3.8, 4) is 16.9 Å². The van der Waals surface area contributed by atoms with Crippen molar-refractivity contribution in [1.29, 1.82) is 0 Å². The van der Waals surface area contributed by atoms with Crippen LogP contribution in [-0.4, -0.2) is 5.11 Å². The smallest absolute Gasteiger partial charge is 0.121 e. The number of phenols is 1. The van der Waals surface area contributed by atoms with Crippen LogP contribution in [0.3, 0.4) is 0 Å². The molecule has 0 aromatic heterocycles. The van der Waals surface area contributed by atoms with E-state index in [1.54, 1.807) is 0 Å². The largest absolute Gasteiger partial charge is 0.507 e. The summed E-state index contributed by atoms with van der Waals surface area (Å²) in [5.74, 6) is 1.07. The van der Waals surface area contributed by atoms with E-state index in [-0.39, 0.29) is 0 Å². The number of fused-ring (bicyclic) bond motifs is 3. The van der Waals surface area contributed by atoms with Crippen molar-refractivity contribution in [3.05, 3.63) is 87.5 Å². The first-order chi connectivity index (χ1) is 12.4. The maximum absolute atomic E-state index is 10.7. The SMILES string of the molecule is Cc1c(C)c(O)c(C)c(C(C)C2c3ccccc3-c3ccccc32)c1C. The van der Waals surface area contributed by atoms with Crippen molar-refractivity contribution in [1.82, 2.24) is 0 Å². The molecule has 0 aliphatic heterocycles. The summed E-state index contributed by atoms with van der Waals surface area (Å²) in [4.78, 5) is 0. The monoisotopic (exact) mass is 342 g/mol. The fraction of sp³-hybridized carbons (Fsp3) is 0.280. The van der Waals surface area contributed by atoms with E-state index in [1.165, 1.54) is 38.9 Å². The molecule has 0 saturated carbocycles. The Kier molecular flexibility index (Phi) is 3.91. The first kappa shape index (κ1) is 16.9. The number of hydrogen-bond acceptors (Lipinski definition) is 1. The van der Waals surface area contributed by atoms with Crippen LogP contribution in [0.15, 0.2) is 48.5 Å². The molecule has 1 atom stereocenters. The minimum absolute atomic E-state index is 0.296. The predicted molar refractivity (Wildman–Crippen MR) is 109 cm³/mol. The fourth-order valence-electron chi connectivity index (χ4n) is 4.93. The summed E-state index contributed by atoms with van der Waals surface area (Å²) in [6.07, 6.45) is 0. The van der Waals surface area contributed by atoms with Gasteiger partial charge >= 0.3 is 0 Å². The van der Waals surface area contributed by atoms with Gasteiger partial charge in [0.05, 0.1) is 0 Å². The number of hydrogen-bond donors (Lipinski definition) is 1. The van der Waals surface area contributed by atoms with E-state index in [1.807, 2.05) is 6.92 Å². The van der Waals surface area contributed by atoms with Gasteiger partial charge in [0.2, 0.25) is 0 Å². The molecular weight excluding hydrogens is 316 g/mol. The maximum atomic E-state index is 10.7. The minimum atomic E-state index is 0.296. The highest BCUT2D eigenvalue weighted by atomic mass is 16.3. The fourth-order valence-corrected chi connectivity index (χ4v) is 4.93. The first-order valence-electron chi connectivity index (χ1n) is 9.41. The Bertz CT molecular complexity index is 938. The van der Waals surface area contributed by atoms with Crippen LogP contribution in [0, 0.1) is 27.7 Å². The minimum Gasteiger partial charge on any atom is -0.507 e. The molecule has 1 aliphatic rings. The number of rotatable bonds is 2. The van der Waals surface area contributed by atoms with E-state index in [2.05, 4.69) is 76.2 Å². The Morgan fingerprint density at radius 3 is 1.73 bits per heavy atom. The van der Waals surface area contributed by atoms with Crippen molar-refractivity contribution in [3.63, 3.8) is 0 Å². The van der Waals surface area contributed by atoms with Gasteiger partial charge in [-0.3, -0.25) is 0 Å². The molecule has 0 saturated heterocycles. The highest BCUT2D eigenvalue weighted by Gasteiger charge is 2.34. The molecule has 4 rings (SSSR count). The van der Waals surface area contributed by atoms with E-state index >= 15 is 0 Å². The quantitative estimate of drug-likeness (QED) is 0.560. The lowest BCUT2D eigenvalue weighted by atomic mass is 9.76. The van der Waals surface area contributed by atoms with Gasteiger partial charge in [0.1, 0.15) is 5.75 Å². The molecule has 132 valence electrons. The summed E-state index contributed by atoms with van der Waals surface area (Å²) in [5, 5.41) is 10.7. The molecular formula is C25H26O. The first-order valence-corrected chi connectivity index (χ1v) is 9.41. The van der Waals surface area contributed by atoms with Crippen LogP contribution >= 0.6 is 0 Å². The van der Waals surface area contributed by atoms with Gasteiger partial charge in [0, 0.05) is 5.92 Å². The highest BCUT2D eigenvalue weighted by molar-refractivity contribution is 5.79. The van der Waals surface area contributed by atoms with Crippen LogP contribution < -0.4 is 0 Å². The Labute approximate surface area is 156 Å². The van der Waals surface area contributed by atoms with Crippen molar-refractivity contribution in [2.45, 2.75) is 46.5 Å². The maximum Gasteiger partial charge on any atom is 0.121 e. The third-order valence-corrected chi connectivity index (χ3v) is 6.48. The molecule has 0 spiro atoms. The van der Waals surface area contributed by atoms with Gasteiger partial charge in [-0.15, -0.1) is 0 Å². The summed E-state index contributed by atoms with van der Waals surface area (Å²) in [5.41, 5.74) is 11.3. The van der Waals surface area contributed by atoms with Gasteiger partial charge in [0.25, 0.3) is 0 Å². The van der Waals surface area contributed by atoms with E-state index in [0.29, 0.717) is 17.6 Å². The molecule has 0 bridgehead atoms. The molecule has 0 fully saturated rings. The Morgan fingerprint density at radius 1 is 0.692 bits per heavy atom. The van der Waals surface area contributed by atoms with Crippen LogP contribution in [0.25, 0.3) is 11.1 Å². The molecule has 3 aromatic rings. The zero-order valence-corrected chi connectivity index (χ0v) is 16.2. The van der Waals surface area contributed by atoms with Crippen molar-refractivity contribution < 1.29 is 5.11 Å². The van der Waals surface area contributed by atoms with E-state index in [4.69, 9.17) is 0 Å². The average Bonchev–Trinajstić information content (AvgIpc) is 2.99. The van der Waals surface area contributed by atoms with Crippen molar-refractivity contribution >= 4 is 0 Å². The van der Waals surface area contributed by atoms with E-state index in [9.17, 15) is 5.11 Å². The van der Waals surface area contributed by atoms with Gasteiger partial charge < -0.3 is 5.11 Å². The van der Waals surface area contributed by atoms with Crippen LogP contribution in [0.4, 0.5) is 0 Å². The van der Waals surface area contributed by atoms with Gasteiger partial charge in [-0.05, 0) is 83.7 Å². The Balaban J connectivity index is 1.95.